The quantitative estimate of drug-likeness (QED) is 0.491. The summed E-state index contributed by atoms with van der Waals surface area (Å²) in [6.07, 6.45) is 0.00666. The molecule has 0 radical (unpaired) electrons. The molecule has 0 aromatic heterocycles. The smallest absolute Gasteiger partial charge is 0.269 e. The van der Waals surface area contributed by atoms with Gasteiger partial charge >= 0.3 is 0 Å². The van der Waals surface area contributed by atoms with E-state index in [0.29, 0.717) is 23.7 Å². The molecule has 0 aliphatic rings. The first-order chi connectivity index (χ1) is 14.9. The van der Waals surface area contributed by atoms with Crippen molar-refractivity contribution in [2.45, 2.75) is 13.0 Å². The second-order valence-corrected chi connectivity index (χ2v) is 7.50. The monoisotopic (exact) mass is 486 g/mol. The first-order valence-electron chi connectivity index (χ1n) is 9.33. The van der Waals surface area contributed by atoms with Gasteiger partial charge in [-0.15, -0.1) is 0 Å². The van der Waals surface area contributed by atoms with Crippen LogP contribution in [-0.4, -0.2) is 18.9 Å². The number of amides is 2. The molecule has 31 heavy (non-hydrogen) atoms. The van der Waals surface area contributed by atoms with E-state index >= 15 is 0 Å². The van der Waals surface area contributed by atoms with Gasteiger partial charge in [-0.25, -0.2) is 4.39 Å². The molecule has 0 bridgehead atoms. The first-order valence-corrected chi connectivity index (χ1v) is 10.1. The summed E-state index contributed by atoms with van der Waals surface area (Å²) in [6.45, 7) is 0.342. The zero-order valence-electron chi connectivity index (χ0n) is 16.7. The van der Waals surface area contributed by atoms with Crippen LogP contribution in [0.25, 0.3) is 0 Å². The van der Waals surface area contributed by atoms with Crippen LogP contribution in [0.1, 0.15) is 21.5 Å². The summed E-state index contributed by atoms with van der Waals surface area (Å²) < 4.78 is 25.0. The van der Waals surface area contributed by atoms with Gasteiger partial charge in [-0.3, -0.25) is 20.4 Å². The SMILES string of the molecule is COc1cc(C(=O)NNC(=O)Cc2ccc(F)cc2)ccc1OCc1ccc(Br)cc1. The zero-order chi connectivity index (χ0) is 22.2. The van der Waals surface area contributed by atoms with Gasteiger partial charge in [0.1, 0.15) is 12.4 Å². The maximum absolute atomic E-state index is 12.9. The molecular weight excluding hydrogens is 467 g/mol. The second kappa shape index (κ2) is 10.6. The van der Waals surface area contributed by atoms with Gasteiger partial charge in [-0.1, -0.05) is 40.2 Å². The van der Waals surface area contributed by atoms with E-state index < -0.39 is 11.8 Å². The number of benzene rings is 3. The van der Waals surface area contributed by atoms with Gasteiger partial charge in [0.05, 0.1) is 13.5 Å². The normalized spacial score (nSPS) is 10.3. The molecule has 2 N–H and O–H groups in total. The van der Waals surface area contributed by atoms with Crippen molar-refractivity contribution in [2.24, 2.45) is 0 Å². The highest BCUT2D eigenvalue weighted by Gasteiger charge is 2.13. The van der Waals surface area contributed by atoms with Crippen molar-refractivity contribution < 1.29 is 23.5 Å². The minimum Gasteiger partial charge on any atom is -0.493 e. The third-order valence-corrected chi connectivity index (χ3v) is 4.86. The first kappa shape index (κ1) is 22.3. The fourth-order valence-corrected chi connectivity index (χ4v) is 2.96. The molecule has 0 saturated carbocycles. The van der Waals surface area contributed by atoms with Crippen molar-refractivity contribution in [3.05, 3.63) is 93.7 Å². The number of hydrogen-bond acceptors (Lipinski definition) is 4. The van der Waals surface area contributed by atoms with Crippen LogP contribution in [0.5, 0.6) is 11.5 Å². The highest BCUT2D eigenvalue weighted by molar-refractivity contribution is 9.10. The van der Waals surface area contributed by atoms with Crippen molar-refractivity contribution in [1.29, 1.82) is 0 Å². The highest BCUT2D eigenvalue weighted by atomic mass is 79.9. The third-order valence-electron chi connectivity index (χ3n) is 4.33. The highest BCUT2D eigenvalue weighted by Crippen LogP contribution is 2.29. The molecule has 8 heteroatoms. The lowest BCUT2D eigenvalue weighted by molar-refractivity contribution is -0.121. The molecular formula is C23H20BrFN2O4. The maximum atomic E-state index is 12.9. The van der Waals surface area contributed by atoms with E-state index in [1.807, 2.05) is 24.3 Å². The second-order valence-electron chi connectivity index (χ2n) is 6.59. The molecule has 0 aliphatic carbocycles. The van der Waals surface area contributed by atoms with Crippen molar-refractivity contribution in [1.82, 2.24) is 10.9 Å². The molecule has 0 saturated heterocycles. The number of carbonyl (C=O) groups excluding carboxylic acids is 2. The molecule has 0 fully saturated rings. The number of nitrogens with one attached hydrogen (secondary N) is 2. The van der Waals surface area contributed by atoms with E-state index in [2.05, 4.69) is 26.8 Å². The van der Waals surface area contributed by atoms with Crippen LogP contribution in [0.2, 0.25) is 0 Å². The van der Waals surface area contributed by atoms with E-state index in [1.54, 1.807) is 12.1 Å². The van der Waals surface area contributed by atoms with E-state index in [0.717, 1.165) is 10.0 Å². The third kappa shape index (κ3) is 6.55. The Labute approximate surface area is 187 Å². The van der Waals surface area contributed by atoms with E-state index in [-0.39, 0.29) is 17.8 Å². The van der Waals surface area contributed by atoms with Gasteiger partial charge < -0.3 is 9.47 Å². The predicted molar refractivity (Wildman–Crippen MR) is 117 cm³/mol. The molecule has 0 unspecified atom stereocenters. The van der Waals surface area contributed by atoms with Gasteiger partial charge in [0.25, 0.3) is 5.91 Å². The van der Waals surface area contributed by atoms with E-state index in [4.69, 9.17) is 9.47 Å². The molecule has 0 heterocycles. The number of halogens is 2. The molecule has 0 spiro atoms. The summed E-state index contributed by atoms with van der Waals surface area (Å²) in [5, 5.41) is 0. The molecule has 0 atom stereocenters. The van der Waals surface area contributed by atoms with Crippen molar-refractivity contribution >= 4 is 27.7 Å². The largest absolute Gasteiger partial charge is 0.493 e. The van der Waals surface area contributed by atoms with Crippen molar-refractivity contribution in [2.75, 3.05) is 7.11 Å². The molecule has 160 valence electrons. The fraction of sp³-hybridized carbons (Fsp3) is 0.130. The van der Waals surface area contributed by atoms with Crippen LogP contribution in [0.15, 0.2) is 71.2 Å². The summed E-state index contributed by atoms with van der Waals surface area (Å²) in [4.78, 5) is 24.3. The molecule has 0 aliphatic heterocycles. The average Bonchev–Trinajstić information content (AvgIpc) is 2.78. The fourth-order valence-electron chi connectivity index (χ4n) is 2.70. The Balaban J connectivity index is 1.56. The Bertz CT molecular complexity index is 1060. The number of hydrazine groups is 1. The van der Waals surface area contributed by atoms with Crippen LogP contribution in [0, 0.1) is 5.82 Å². The summed E-state index contributed by atoms with van der Waals surface area (Å²) in [6, 6.07) is 18.0. The van der Waals surface area contributed by atoms with Gasteiger partial charge in [0.15, 0.2) is 11.5 Å². The zero-order valence-corrected chi connectivity index (χ0v) is 18.2. The van der Waals surface area contributed by atoms with E-state index in [9.17, 15) is 14.0 Å². The Morgan fingerprint density at radius 2 is 1.58 bits per heavy atom. The number of rotatable bonds is 7. The Hall–Kier alpha value is -3.39. The van der Waals surface area contributed by atoms with Crippen molar-refractivity contribution in [3.8, 4) is 11.5 Å². The summed E-state index contributed by atoms with van der Waals surface area (Å²) in [7, 11) is 1.48. The summed E-state index contributed by atoms with van der Waals surface area (Å²) in [5.41, 5.74) is 6.59. The number of hydrogen-bond donors (Lipinski definition) is 2. The van der Waals surface area contributed by atoms with Crippen LogP contribution in [-0.2, 0) is 17.8 Å². The molecule has 2 amide bonds. The molecule has 6 nitrogen and oxygen atoms in total. The van der Waals surface area contributed by atoms with Gasteiger partial charge in [0.2, 0.25) is 5.91 Å². The average molecular weight is 487 g/mol. The Morgan fingerprint density at radius 1 is 0.903 bits per heavy atom. The Kier molecular flexibility index (Phi) is 7.61. The minimum absolute atomic E-state index is 0.00666. The van der Waals surface area contributed by atoms with Crippen LogP contribution >= 0.6 is 15.9 Å². The van der Waals surface area contributed by atoms with E-state index in [1.165, 1.54) is 37.4 Å². The maximum Gasteiger partial charge on any atom is 0.269 e. The van der Waals surface area contributed by atoms with Gasteiger partial charge in [-0.2, -0.15) is 0 Å². The molecule has 3 aromatic rings. The standard InChI is InChI=1S/C23H20BrFN2O4/c1-30-21-13-17(6-11-20(21)31-14-16-2-7-18(24)8-3-16)23(29)27-26-22(28)12-15-4-9-19(25)10-5-15/h2-11,13H,12,14H2,1H3,(H,26,28)(H,27,29). The van der Waals surface area contributed by atoms with Crippen LogP contribution < -0.4 is 20.3 Å². The lowest BCUT2D eigenvalue weighted by atomic mass is 10.1. The summed E-state index contributed by atoms with van der Waals surface area (Å²) >= 11 is 3.39. The lowest BCUT2D eigenvalue weighted by Gasteiger charge is -2.13. The number of methoxy groups -OCH3 is 1. The Morgan fingerprint density at radius 3 is 2.26 bits per heavy atom. The molecule has 3 rings (SSSR count). The van der Waals surface area contributed by atoms with Gasteiger partial charge in [-0.05, 0) is 53.6 Å². The number of ether oxygens (including phenoxy) is 2. The number of carbonyl (C=O) groups is 2. The lowest BCUT2D eigenvalue weighted by Crippen LogP contribution is -2.42. The van der Waals surface area contributed by atoms with Gasteiger partial charge in [0, 0.05) is 10.0 Å². The predicted octanol–water partition coefficient (Wildman–Crippen LogP) is 4.18. The molecule has 3 aromatic carbocycles. The topological polar surface area (TPSA) is 76.7 Å². The summed E-state index contributed by atoms with van der Waals surface area (Å²) in [5.74, 6) is -0.438. The van der Waals surface area contributed by atoms with Crippen molar-refractivity contribution in [3.63, 3.8) is 0 Å². The minimum atomic E-state index is -0.509. The van der Waals surface area contributed by atoms with Crippen LogP contribution in [0.4, 0.5) is 4.39 Å². The van der Waals surface area contributed by atoms with Crippen LogP contribution in [0.3, 0.4) is 0 Å².